The molecule has 0 bridgehead atoms. The first kappa shape index (κ1) is 12.8. The van der Waals surface area contributed by atoms with Gasteiger partial charge in [0, 0.05) is 24.9 Å². The molecule has 2 N–H and O–H groups in total. The molecule has 0 radical (unpaired) electrons. The lowest BCUT2D eigenvalue weighted by Crippen LogP contribution is -2.11. The topological polar surface area (TPSA) is 43.8 Å². The third-order valence-electron chi connectivity index (χ3n) is 2.93. The Labute approximate surface area is 106 Å². The van der Waals surface area contributed by atoms with Crippen LogP contribution in [0.25, 0.3) is 5.69 Å². The first-order valence-corrected chi connectivity index (χ1v) is 6.21. The fourth-order valence-electron chi connectivity index (χ4n) is 2.07. The Kier molecular flexibility index (Phi) is 3.77. The van der Waals surface area contributed by atoms with Crippen LogP contribution in [-0.4, -0.2) is 9.55 Å². The fourth-order valence-corrected chi connectivity index (χ4v) is 2.07. The van der Waals surface area contributed by atoms with Gasteiger partial charge in [-0.25, -0.2) is 9.37 Å². The summed E-state index contributed by atoms with van der Waals surface area (Å²) in [6.07, 6.45) is 5.57. The molecule has 1 aromatic carbocycles. The van der Waals surface area contributed by atoms with Crippen molar-refractivity contribution in [3.05, 3.63) is 47.8 Å². The summed E-state index contributed by atoms with van der Waals surface area (Å²) in [6.45, 7) is 3.96. The van der Waals surface area contributed by atoms with Gasteiger partial charge in [-0.1, -0.05) is 6.92 Å². The Balaban J connectivity index is 2.52. The molecule has 4 heteroatoms. The molecule has 1 heterocycles. The van der Waals surface area contributed by atoms with E-state index in [2.05, 4.69) is 11.9 Å². The van der Waals surface area contributed by atoms with Gasteiger partial charge in [-0.15, -0.1) is 0 Å². The second-order valence-corrected chi connectivity index (χ2v) is 4.46. The van der Waals surface area contributed by atoms with Gasteiger partial charge >= 0.3 is 0 Å². The number of nitrogens with two attached hydrogens (primary N) is 1. The van der Waals surface area contributed by atoms with Gasteiger partial charge in [0.1, 0.15) is 11.6 Å². The number of rotatable bonds is 4. The molecule has 1 unspecified atom stereocenters. The Bertz CT molecular complexity index is 532. The lowest BCUT2D eigenvalue weighted by molar-refractivity contribution is 0.621. The van der Waals surface area contributed by atoms with Gasteiger partial charge in [-0.3, -0.25) is 0 Å². The molecule has 0 aliphatic rings. The van der Waals surface area contributed by atoms with Crippen molar-refractivity contribution in [3.8, 4) is 5.69 Å². The van der Waals surface area contributed by atoms with Gasteiger partial charge in [0.2, 0.25) is 0 Å². The van der Waals surface area contributed by atoms with Crippen LogP contribution < -0.4 is 5.73 Å². The summed E-state index contributed by atoms with van der Waals surface area (Å²) in [4.78, 5) is 4.33. The van der Waals surface area contributed by atoms with Crippen molar-refractivity contribution in [2.24, 2.45) is 5.73 Å². The van der Waals surface area contributed by atoms with E-state index in [9.17, 15) is 4.39 Å². The van der Waals surface area contributed by atoms with E-state index in [4.69, 9.17) is 5.73 Å². The number of hydrogen-bond donors (Lipinski definition) is 1. The maximum absolute atomic E-state index is 13.3. The molecule has 2 rings (SSSR count). The van der Waals surface area contributed by atoms with Crippen LogP contribution in [0.4, 0.5) is 4.39 Å². The molecule has 0 spiro atoms. The van der Waals surface area contributed by atoms with E-state index in [0.717, 1.165) is 29.9 Å². The van der Waals surface area contributed by atoms with Gasteiger partial charge in [-0.05, 0) is 37.1 Å². The van der Waals surface area contributed by atoms with Crippen LogP contribution in [0.2, 0.25) is 0 Å². The predicted octanol–water partition coefficient (Wildman–Crippen LogP) is 2.98. The van der Waals surface area contributed by atoms with Crippen molar-refractivity contribution >= 4 is 0 Å². The standard InChI is InChI=1S/C14H18FN3/c1-3-4-14-17-7-8-18(14)13-6-5-11(15)9-12(13)10(2)16/h5-10H,3-4,16H2,1-2H3. The molecule has 18 heavy (non-hydrogen) atoms. The minimum absolute atomic E-state index is 0.215. The summed E-state index contributed by atoms with van der Waals surface area (Å²) in [5.74, 6) is 0.717. The largest absolute Gasteiger partial charge is 0.324 e. The third kappa shape index (κ3) is 2.43. The number of halogens is 1. The summed E-state index contributed by atoms with van der Waals surface area (Å²) < 4.78 is 15.3. The highest BCUT2D eigenvalue weighted by atomic mass is 19.1. The van der Waals surface area contributed by atoms with Crippen LogP contribution >= 0.6 is 0 Å². The zero-order valence-electron chi connectivity index (χ0n) is 10.7. The van der Waals surface area contributed by atoms with Gasteiger partial charge in [0.05, 0.1) is 5.69 Å². The highest BCUT2D eigenvalue weighted by molar-refractivity contribution is 5.44. The second-order valence-electron chi connectivity index (χ2n) is 4.46. The zero-order chi connectivity index (χ0) is 13.1. The number of imidazole rings is 1. The van der Waals surface area contributed by atoms with Crippen molar-refractivity contribution < 1.29 is 4.39 Å². The van der Waals surface area contributed by atoms with Crippen LogP contribution in [0, 0.1) is 5.82 Å². The van der Waals surface area contributed by atoms with Gasteiger partial charge < -0.3 is 10.3 Å². The van der Waals surface area contributed by atoms with Crippen molar-refractivity contribution in [1.29, 1.82) is 0 Å². The molecule has 96 valence electrons. The summed E-state index contributed by atoms with van der Waals surface area (Å²) in [5, 5.41) is 0. The molecule has 0 amide bonds. The lowest BCUT2D eigenvalue weighted by atomic mass is 10.1. The predicted molar refractivity (Wildman–Crippen MR) is 70.1 cm³/mol. The Morgan fingerprint density at radius 3 is 2.89 bits per heavy atom. The summed E-state index contributed by atoms with van der Waals surface area (Å²) in [5.41, 5.74) is 7.62. The Hall–Kier alpha value is -1.68. The quantitative estimate of drug-likeness (QED) is 0.902. The van der Waals surface area contributed by atoms with Crippen LogP contribution in [0.3, 0.4) is 0 Å². The van der Waals surface area contributed by atoms with E-state index in [1.165, 1.54) is 12.1 Å². The number of hydrogen-bond acceptors (Lipinski definition) is 2. The molecule has 0 saturated heterocycles. The molecular formula is C14H18FN3. The smallest absolute Gasteiger partial charge is 0.123 e. The SMILES string of the molecule is CCCc1nccn1-c1ccc(F)cc1C(C)N. The molecule has 0 aliphatic heterocycles. The molecule has 3 nitrogen and oxygen atoms in total. The van der Waals surface area contributed by atoms with E-state index in [-0.39, 0.29) is 11.9 Å². The number of benzene rings is 1. The van der Waals surface area contributed by atoms with Gasteiger partial charge in [-0.2, -0.15) is 0 Å². The number of aryl methyl sites for hydroxylation is 1. The second kappa shape index (κ2) is 5.31. The minimum atomic E-state index is -0.261. The molecule has 1 atom stereocenters. The monoisotopic (exact) mass is 247 g/mol. The van der Waals surface area contributed by atoms with Crippen molar-refractivity contribution in [2.45, 2.75) is 32.7 Å². The first-order chi connectivity index (χ1) is 8.63. The van der Waals surface area contributed by atoms with Gasteiger partial charge in [0.15, 0.2) is 0 Å². The number of nitrogens with zero attached hydrogens (tertiary/aromatic N) is 2. The summed E-state index contributed by atoms with van der Waals surface area (Å²) >= 11 is 0. The average Bonchev–Trinajstić information content (AvgIpc) is 2.77. The molecule has 0 saturated carbocycles. The third-order valence-corrected chi connectivity index (χ3v) is 2.93. The van der Waals surface area contributed by atoms with Crippen molar-refractivity contribution in [2.75, 3.05) is 0 Å². The number of aromatic nitrogens is 2. The first-order valence-electron chi connectivity index (χ1n) is 6.21. The normalized spacial score (nSPS) is 12.7. The van der Waals surface area contributed by atoms with E-state index in [1.807, 2.05) is 17.7 Å². The minimum Gasteiger partial charge on any atom is -0.324 e. The highest BCUT2D eigenvalue weighted by Gasteiger charge is 2.12. The lowest BCUT2D eigenvalue weighted by Gasteiger charge is -2.15. The fraction of sp³-hybridized carbons (Fsp3) is 0.357. The van der Waals surface area contributed by atoms with Crippen molar-refractivity contribution in [3.63, 3.8) is 0 Å². The van der Waals surface area contributed by atoms with Crippen LogP contribution in [-0.2, 0) is 6.42 Å². The highest BCUT2D eigenvalue weighted by Crippen LogP contribution is 2.23. The summed E-state index contributed by atoms with van der Waals surface area (Å²) in [6, 6.07) is 4.49. The molecule has 0 aliphatic carbocycles. The van der Waals surface area contributed by atoms with Gasteiger partial charge in [0.25, 0.3) is 0 Å². The van der Waals surface area contributed by atoms with E-state index in [1.54, 1.807) is 12.3 Å². The molecule has 1 aromatic heterocycles. The van der Waals surface area contributed by atoms with Crippen molar-refractivity contribution in [1.82, 2.24) is 9.55 Å². The van der Waals surface area contributed by atoms with Crippen LogP contribution in [0.5, 0.6) is 0 Å². The summed E-state index contributed by atoms with van der Waals surface area (Å²) in [7, 11) is 0. The molecular weight excluding hydrogens is 229 g/mol. The van der Waals surface area contributed by atoms with E-state index in [0.29, 0.717) is 0 Å². The van der Waals surface area contributed by atoms with E-state index >= 15 is 0 Å². The van der Waals surface area contributed by atoms with Crippen LogP contribution in [0.15, 0.2) is 30.6 Å². The molecule has 2 aromatic rings. The zero-order valence-corrected chi connectivity index (χ0v) is 10.7. The molecule has 0 fully saturated rings. The van der Waals surface area contributed by atoms with Crippen LogP contribution in [0.1, 0.15) is 37.7 Å². The Morgan fingerprint density at radius 2 is 2.22 bits per heavy atom. The maximum atomic E-state index is 13.3. The maximum Gasteiger partial charge on any atom is 0.123 e. The van der Waals surface area contributed by atoms with E-state index < -0.39 is 0 Å². The average molecular weight is 247 g/mol. The Morgan fingerprint density at radius 1 is 1.44 bits per heavy atom.